The molecular formula is C21H25N3O4. The molecule has 148 valence electrons. The highest BCUT2D eigenvalue weighted by Gasteiger charge is 2.34. The van der Waals surface area contributed by atoms with Crippen LogP contribution >= 0.6 is 0 Å². The number of benzene rings is 1. The molecule has 1 aromatic heterocycles. The molecule has 7 nitrogen and oxygen atoms in total. The van der Waals surface area contributed by atoms with Crippen LogP contribution in [0.3, 0.4) is 0 Å². The second-order valence-corrected chi connectivity index (χ2v) is 7.24. The fourth-order valence-corrected chi connectivity index (χ4v) is 3.16. The van der Waals surface area contributed by atoms with Gasteiger partial charge in [-0.25, -0.2) is 0 Å². The van der Waals surface area contributed by atoms with Crippen molar-refractivity contribution in [2.45, 2.75) is 32.4 Å². The van der Waals surface area contributed by atoms with Crippen LogP contribution in [-0.4, -0.2) is 41.2 Å². The minimum Gasteiger partial charge on any atom is -0.396 e. The number of carbonyl (C=O) groups is 2. The Bertz CT molecular complexity index is 951. The monoisotopic (exact) mass is 383 g/mol. The number of nitrogens with zero attached hydrogens (tertiary/aromatic N) is 1. The maximum Gasteiger partial charge on any atom is 0.263 e. The highest BCUT2D eigenvalue weighted by molar-refractivity contribution is 5.99. The molecule has 0 aliphatic heterocycles. The van der Waals surface area contributed by atoms with E-state index in [4.69, 9.17) is 5.11 Å². The molecule has 0 radical (unpaired) electrons. The van der Waals surface area contributed by atoms with Crippen molar-refractivity contribution < 1.29 is 14.7 Å². The molecule has 1 aromatic carbocycles. The Kier molecular flexibility index (Phi) is 5.94. The van der Waals surface area contributed by atoms with E-state index < -0.39 is 11.5 Å². The van der Waals surface area contributed by atoms with E-state index in [1.165, 1.54) is 23.9 Å². The number of aliphatic hydroxyl groups excluding tert-OH is 1. The summed E-state index contributed by atoms with van der Waals surface area (Å²) < 4.78 is 1.38. The first-order chi connectivity index (χ1) is 13.4. The third-order valence-corrected chi connectivity index (χ3v) is 4.99. The van der Waals surface area contributed by atoms with Crippen LogP contribution in [0.4, 0.5) is 0 Å². The van der Waals surface area contributed by atoms with Gasteiger partial charge in [-0.05, 0) is 36.0 Å². The van der Waals surface area contributed by atoms with Gasteiger partial charge in [0.2, 0.25) is 0 Å². The Balaban J connectivity index is 1.95. The van der Waals surface area contributed by atoms with Gasteiger partial charge in [-0.3, -0.25) is 14.4 Å². The van der Waals surface area contributed by atoms with E-state index in [9.17, 15) is 14.4 Å². The molecule has 2 aromatic rings. The van der Waals surface area contributed by atoms with Gasteiger partial charge in [0.25, 0.3) is 17.4 Å². The molecule has 2 atom stereocenters. The molecule has 28 heavy (non-hydrogen) atoms. The van der Waals surface area contributed by atoms with E-state index in [-0.39, 0.29) is 36.2 Å². The van der Waals surface area contributed by atoms with E-state index in [0.29, 0.717) is 12.3 Å². The summed E-state index contributed by atoms with van der Waals surface area (Å²) in [6.45, 7) is 2.32. The number of aromatic nitrogens is 1. The highest BCUT2D eigenvalue weighted by atomic mass is 16.3. The molecule has 2 amide bonds. The summed E-state index contributed by atoms with van der Waals surface area (Å²) in [4.78, 5) is 37.5. The Morgan fingerprint density at radius 2 is 1.93 bits per heavy atom. The number of nitrogens with one attached hydrogen (secondary N) is 2. The second-order valence-electron chi connectivity index (χ2n) is 7.24. The van der Waals surface area contributed by atoms with Crippen LogP contribution in [0.25, 0.3) is 0 Å². The number of pyridine rings is 1. The molecule has 7 heteroatoms. The van der Waals surface area contributed by atoms with Crippen LogP contribution in [0, 0.1) is 5.92 Å². The number of rotatable bonds is 7. The standard InChI is InChI=1S/C21H25N3O4/c1-13-8-18(13)23-19(26)16-10-17(20(27)22-2)21(28)24(12-16)11-15-5-3-4-14(9-15)6-7-25/h3-5,9-10,12-13,18,25H,6-8,11H2,1-2H3,(H,22,27)(H,23,26)/t13-,18-/m0/s1. The summed E-state index contributed by atoms with van der Waals surface area (Å²) >= 11 is 0. The van der Waals surface area contributed by atoms with E-state index >= 15 is 0 Å². The Morgan fingerprint density at radius 1 is 1.21 bits per heavy atom. The predicted octanol–water partition coefficient (Wildman–Crippen LogP) is 0.929. The van der Waals surface area contributed by atoms with Gasteiger partial charge in [0, 0.05) is 25.9 Å². The SMILES string of the molecule is CNC(=O)c1cc(C(=O)N[C@H]2C[C@@H]2C)cn(Cc2cccc(CCO)c2)c1=O. The van der Waals surface area contributed by atoms with Gasteiger partial charge in [0.15, 0.2) is 0 Å². The van der Waals surface area contributed by atoms with E-state index in [0.717, 1.165) is 17.5 Å². The van der Waals surface area contributed by atoms with Crippen molar-refractivity contribution in [2.24, 2.45) is 5.92 Å². The summed E-state index contributed by atoms with van der Waals surface area (Å²) in [5.74, 6) is -0.368. The van der Waals surface area contributed by atoms with Gasteiger partial charge in [-0.1, -0.05) is 31.2 Å². The van der Waals surface area contributed by atoms with E-state index in [1.807, 2.05) is 24.3 Å². The summed E-state index contributed by atoms with van der Waals surface area (Å²) in [7, 11) is 1.45. The second kappa shape index (κ2) is 8.39. The number of amides is 2. The maximum atomic E-state index is 12.8. The third-order valence-electron chi connectivity index (χ3n) is 4.99. The minimum absolute atomic E-state index is 0.0411. The van der Waals surface area contributed by atoms with Crippen LogP contribution in [0.5, 0.6) is 0 Å². The van der Waals surface area contributed by atoms with Crippen molar-refractivity contribution in [3.8, 4) is 0 Å². The molecule has 1 aliphatic carbocycles. The number of hydrogen-bond donors (Lipinski definition) is 3. The van der Waals surface area contributed by atoms with Crippen LogP contribution in [0.15, 0.2) is 41.3 Å². The third kappa shape index (κ3) is 4.48. The lowest BCUT2D eigenvalue weighted by atomic mass is 10.1. The molecule has 0 unspecified atom stereocenters. The first-order valence-electron chi connectivity index (χ1n) is 9.39. The van der Waals surface area contributed by atoms with Crippen molar-refractivity contribution in [2.75, 3.05) is 13.7 Å². The van der Waals surface area contributed by atoms with Crippen molar-refractivity contribution in [3.63, 3.8) is 0 Å². The molecule has 0 bridgehead atoms. The lowest BCUT2D eigenvalue weighted by molar-refractivity contribution is 0.0948. The highest BCUT2D eigenvalue weighted by Crippen LogP contribution is 2.29. The normalized spacial score (nSPS) is 17.8. The number of aliphatic hydroxyl groups is 1. The number of hydrogen-bond acceptors (Lipinski definition) is 4. The molecule has 1 heterocycles. The Hall–Kier alpha value is -2.93. The topological polar surface area (TPSA) is 100 Å². The van der Waals surface area contributed by atoms with Crippen LogP contribution in [-0.2, 0) is 13.0 Å². The summed E-state index contributed by atoms with van der Waals surface area (Å²) in [6.07, 6.45) is 2.95. The largest absolute Gasteiger partial charge is 0.396 e. The van der Waals surface area contributed by atoms with Gasteiger partial charge in [0.1, 0.15) is 5.56 Å². The van der Waals surface area contributed by atoms with Crippen molar-refractivity contribution in [1.29, 1.82) is 0 Å². The zero-order chi connectivity index (χ0) is 20.3. The van der Waals surface area contributed by atoms with Crippen molar-refractivity contribution >= 4 is 11.8 Å². The van der Waals surface area contributed by atoms with Gasteiger partial charge in [-0.15, -0.1) is 0 Å². The van der Waals surface area contributed by atoms with Crippen LogP contribution in [0.1, 0.15) is 45.2 Å². The van der Waals surface area contributed by atoms with E-state index in [1.54, 1.807) is 0 Å². The quantitative estimate of drug-likeness (QED) is 0.662. The first-order valence-corrected chi connectivity index (χ1v) is 9.39. The fraction of sp³-hybridized carbons (Fsp3) is 0.381. The van der Waals surface area contributed by atoms with Gasteiger partial charge in [-0.2, -0.15) is 0 Å². The van der Waals surface area contributed by atoms with Crippen LogP contribution in [0.2, 0.25) is 0 Å². The maximum absolute atomic E-state index is 12.8. The zero-order valence-corrected chi connectivity index (χ0v) is 16.1. The lowest BCUT2D eigenvalue weighted by Gasteiger charge is -2.12. The summed E-state index contributed by atoms with van der Waals surface area (Å²) in [5, 5.41) is 14.5. The Labute approximate surface area is 163 Å². The predicted molar refractivity (Wildman–Crippen MR) is 105 cm³/mol. The Morgan fingerprint density at radius 3 is 2.57 bits per heavy atom. The molecule has 1 saturated carbocycles. The van der Waals surface area contributed by atoms with Gasteiger partial charge in [0.05, 0.1) is 12.1 Å². The molecule has 0 saturated heterocycles. The van der Waals surface area contributed by atoms with Gasteiger partial charge >= 0.3 is 0 Å². The average molecular weight is 383 g/mol. The van der Waals surface area contributed by atoms with E-state index in [2.05, 4.69) is 17.6 Å². The molecule has 1 fully saturated rings. The minimum atomic E-state index is -0.526. The van der Waals surface area contributed by atoms with Crippen LogP contribution < -0.4 is 16.2 Å². The fourth-order valence-electron chi connectivity index (χ4n) is 3.16. The molecular weight excluding hydrogens is 358 g/mol. The lowest BCUT2D eigenvalue weighted by Crippen LogP contribution is -2.34. The summed E-state index contributed by atoms with van der Waals surface area (Å²) in [5.41, 5.74) is 1.57. The summed E-state index contributed by atoms with van der Waals surface area (Å²) in [6, 6.07) is 9.02. The van der Waals surface area contributed by atoms with Crippen molar-refractivity contribution in [1.82, 2.24) is 15.2 Å². The molecule has 0 spiro atoms. The van der Waals surface area contributed by atoms with Gasteiger partial charge < -0.3 is 20.3 Å². The molecule has 1 aliphatic rings. The zero-order valence-electron chi connectivity index (χ0n) is 16.1. The molecule has 3 N–H and O–H groups in total. The average Bonchev–Trinajstić information content (AvgIpc) is 3.37. The molecule has 3 rings (SSSR count). The smallest absolute Gasteiger partial charge is 0.263 e. The van der Waals surface area contributed by atoms with Crippen molar-refractivity contribution in [3.05, 3.63) is 69.1 Å². The number of carbonyl (C=O) groups excluding carboxylic acids is 2. The first kappa shape index (κ1) is 19.8.